The molecule has 23 heavy (non-hydrogen) atoms. The highest BCUT2D eigenvalue weighted by atomic mass is 32.1. The van der Waals surface area contributed by atoms with Crippen LogP contribution in [0.5, 0.6) is 0 Å². The smallest absolute Gasteiger partial charge is 0.308 e. The van der Waals surface area contributed by atoms with Crippen LogP contribution in [0.25, 0.3) is 10.6 Å². The first-order valence-corrected chi connectivity index (χ1v) is 8.47. The number of rotatable bonds is 3. The van der Waals surface area contributed by atoms with Crippen molar-refractivity contribution < 1.29 is 14.7 Å². The number of carbonyl (C=O) groups excluding carboxylic acids is 1. The van der Waals surface area contributed by atoms with Crippen molar-refractivity contribution in [3.63, 3.8) is 0 Å². The second-order valence-electron chi connectivity index (χ2n) is 5.80. The van der Waals surface area contributed by atoms with E-state index >= 15 is 0 Å². The molecule has 1 aliphatic heterocycles. The molecule has 1 unspecified atom stereocenters. The van der Waals surface area contributed by atoms with Crippen LogP contribution < -0.4 is 0 Å². The molecule has 5 nitrogen and oxygen atoms in total. The molecular weight excluding hydrogens is 312 g/mol. The van der Waals surface area contributed by atoms with Gasteiger partial charge in [-0.05, 0) is 31.9 Å². The molecule has 120 valence electrons. The van der Waals surface area contributed by atoms with Crippen LogP contribution >= 0.6 is 11.3 Å². The largest absolute Gasteiger partial charge is 0.481 e. The lowest BCUT2D eigenvalue weighted by Gasteiger charge is -2.30. The van der Waals surface area contributed by atoms with Crippen molar-refractivity contribution in [3.8, 4) is 10.6 Å². The predicted octanol–water partition coefficient (Wildman–Crippen LogP) is 3.06. The molecule has 0 saturated carbocycles. The summed E-state index contributed by atoms with van der Waals surface area (Å²) in [5, 5.41) is 12.0. The first-order chi connectivity index (χ1) is 11.0. The Hall–Kier alpha value is -2.21. The number of aromatic nitrogens is 1. The molecular formula is C17H18N2O3S. The highest BCUT2D eigenvalue weighted by Crippen LogP contribution is 2.25. The van der Waals surface area contributed by atoms with Gasteiger partial charge in [0.2, 0.25) is 0 Å². The van der Waals surface area contributed by atoms with Gasteiger partial charge in [-0.3, -0.25) is 9.59 Å². The summed E-state index contributed by atoms with van der Waals surface area (Å²) < 4.78 is 0. The second kappa shape index (κ2) is 6.50. The van der Waals surface area contributed by atoms with Gasteiger partial charge in [-0.25, -0.2) is 4.98 Å². The number of carbonyl (C=O) groups is 2. The van der Waals surface area contributed by atoms with Gasteiger partial charge in [0.05, 0.1) is 5.92 Å². The molecule has 0 bridgehead atoms. The van der Waals surface area contributed by atoms with Crippen molar-refractivity contribution in [1.82, 2.24) is 9.88 Å². The Kier molecular flexibility index (Phi) is 4.43. The summed E-state index contributed by atoms with van der Waals surface area (Å²) in [7, 11) is 0. The maximum absolute atomic E-state index is 12.7. The van der Waals surface area contributed by atoms with Crippen molar-refractivity contribution in [3.05, 3.63) is 40.9 Å². The molecule has 1 N–H and O–H groups in total. The van der Waals surface area contributed by atoms with Crippen LogP contribution in [0.1, 0.15) is 28.9 Å². The Morgan fingerprint density at radius 2 is 2.22 bits per heavy atom. The number of thiazole rings is 1. The van der Waals surface area contributed by atoms with Gasteiger partial charge in [-0.1, -0.05) is 12.1 Å². The van der Waals surface area contributed by atoms with Crippen LogP contribution in [0.3, 0.4) is 0 Å². The number of aryl methyl sites for hydroxylation is 1. The molecule has 1 aromatic carbocycles. The zero-order valence-corrected chi connectivity index (χ0v) is 13.7. The molecule has 1 fully saturated rings. The molecule has 2 aromatic rings. The minimum Gasteiger partial charge on any atom is -0.481 e. The van der Waals surface area contributed by atoms with Gasteiger partial charge in [0.25, 0.3) is 5.91 Å². The number of nitrogens with zero attached hydrogens (tertiary/aromatic N) is 2. The lowest BCUT2D eigenvalue weighted by Crippen LogP contribution is -2.42. The fourth-order valence-corrected chi connectivity index (χ4v) is 3.61. The molecule has 1 aromatic heterocycles. The summed E-state index contributed by atoms with van der Waals surface area (Å²) in [5.41, 5.74) is 2.46. The lowest BCUT2D eigenvalue weighted by molar-refractivity contribution is -0.143. The van der Waals surface area contributed by atoms with E-state index in [0.717, 1.165) is 22.7 Å². The molecule has 1 saturated heterocycles. The summed E-state index contributed by atoms with van der Waals surface area (Å²) in [6.07, 6.45) is 1.37. The predicted molar refractivity (Wildman–Crippen MR) is 88.6 cm³/mol. The molecule has 1 atom stereocenters. The maximum atomic E-state index is 12.7. The number of likely N-dealkylation sites (tertiary alicyclic amines) is 1. The fraction of sp³-hybridized carbons (Fsp3) is 0.353. The summed E-state index contributed by atoms with van der Waals surface area (Å²) in [4.78, 5) is 29.9. The SMILES string of the molecule is Cc1csc(-c2cccc(C(=O)N3CCCC(C(=O)O)C3)c2)n1. The summed E-state index contributed by atoms with van der Waals surface area (Å²) >= 11 is 1.55. The first-order valence-electron chi connectivity index (χ1n) is 7.59. The molecule has 6 heteroatoms. The number of piperidine rings is 1. The van der Waals surface area contributed by atoms with E-state index in [1.807, 2.05) is 30.5 Å². The molecule has 0 aliphatic carbocycles. The normalized spacial score (nSPS) is 18.0. The zero-order chi connectivity index (χ0) is 16.4. The molecule has 1 aliphatic rings. The quantitative estimate of drug-likeness (QED) is 0.939. The van der Waals surface area contributed by atoms with Crippen molar-refractivity contribution in [1.29, 1.82) is 0 Å². The standard InChI is InChI=1S/C17H18N2O3S/c1-11-10-23-15(18-11)12-4-2-5-13(8-12)16(20)19-7-3-6-14(9-19)17(21)22/h2,4-5,8,10,14H,3,6-7,9H2,1H3,(H,21,22). The number of benzene rings is 1. The van der Waals surface area contributed by atoms with Gasteiger partial charge in [-0.15, -0.1) is 11.3 Å². The first kappa shape index (κ1) is 15.7. The Balaban J connectivity index is 1.81. The van der Waals surface area contributed by atoms with Crippen LogP contribution in [-0.4, -0.2) is 40.0 Å². The summed E-state index contributed by atoms with van der Waals surface area (Å²) in [6, 6.07) is 7.39. The maximum Gasteiger partial charge on any atom is 0.308 e. The third kappa shape index (κ3) is 3.42. The second-order valence-corrected chi connectivity index (χ2v) is 6.66. The van der Waals surface area contributed by atoms with E-state index in [2.05, 4.69) is 4.98 Å². The Morgan fingerprint density at radius 3 is 2.91 bits per heavy atom. The minimum absolute atomic E-state index is 0.105. The summed E-state index contributed by atoms with van der Waals surface area (Å²) in [5.74, 6) is -1.39. The van der Waals surface area contributed by atoms with Gasteiger partial charge in [0, 0.05) is 35.3 Å². The zero-order valence-electron chi connectivity index (χ0n) is 12.9. The van der Waals surface area contributed by atoms with Crippen LogP contribution in [0.4, 0.5) is 0 Å². The van der Waals surface area contributed by atoms with Crippen LogP contribution in [0, 0.1) is 12.8 Å². The number of amides is 1. The van der Waals surface area contributed by atoms with Crippen molar-refractivity contribution in [2.45, 2.75) is 19.8 Å². The van der Waals surface area contributed by atoms with E-state index in [1.165, 1.54) is 0 Å². The van der Waals surface area contributed by atoms with Crippen LogP contribution in [-0.2, 0) is 4.79 Å². The Labute approximate surface area is 138 Å². The van der Waals surface area contributed by atoms with Gasteiger partial charge in [-0.2, -0.15) is 0 Å². The van der Waals surface area contributed by atoms with E-state index in [1.54, 1.807) is 22.3 Å². The average molecular weight is 330 g/mol. The Bertz CT molecular complexity index is 741. The van der Waals surface area contributed by atoms with Crippen LogP contribution in [0.15, 0.2) is 29.6 Å². The Morgan fingerprint density at radius 1 is 1.39 bits per heavy atom. The summed E-state index contributed by atoms with van der Waals surface area (Å²) in [6.45, 7) is 2.84. The van der Waals surface area contributed by atoms with Gasteiger partial charge in [0.15, 0.2) is 0 Å². The molecule has 3 rings (SSSR count). The van der Waals surface area contributed by atoms with E-state index in [9.17, 15) is 9.59 Å². The minimum atomic E-state index is -0.825. The van der Waals surface area contributed by atoms with Crippen LogP contribution in [0.2, 0.25) is 0 Å². The highest BCUT2D eigenvalue weighted by Gasteiger charge is 2.28. The number of carboxylic acids is 1. The lowest BCUT2D eigenvalue weighted by atomic mass is 9.97. The monoisotopic (exact) mass is 330 g/mol. The van der Waals surface area contributed by atoms with Crippen molar-refractivity contribution in [2.24, 2.45) is 5.92 Å². The topological polar surface area (TPSA) is 70.5 Å². The van der Waals surface area contributed by atoms with Crippen molar-refractivity contribution >= 4 is 23.2 Å². The third-order valence-electron chi connectivity index (χ3n) is 4.03. The highest BCUT2D eigenvalue weighted by molar-refractivity contribution is 7.13. The molecule has 0 radical (unpaired) electrons. The molecule has 0 spiro atoms. The van der Waals surface area contributed by atoms with Gasteiger partial charge < -0.3 is 10.0 Å². The van der Waals surface area contributed by atoms with E-state index in [4.69, 9.17) is 5.11 Å². The number of hydrogen-bond donors (Lipinski definition) is 1. The molecule has 1 amide bonds. The number of hydrogen-bond acceptors (Lipinski definition) is 4. The van der Waals surface area contributed by atoms with Gasteiger partial charge >= 0.3 is 5.97 Å². The van der Waals surface area contributed by atoms with E-state index in [-0.39, 0.29) is 12.5 Å². The van der Waals surface area contributed by atoms with E-state index < -0.39 is 11.9 Å². The van der Waals surface area contributed by atoms with Gasteiger partial charge in [0.1, 0.15) is 5.01 Å². The fourth-order valence-electron chi connectivity index (χ4n) is 2.82. The van der Waals surface area contributed by atoms with E-state index in [0.29, 0.717) is 18.5 Å². The average Bonchev–Trinajstić information content (AvgIpc) is 3.01. The number of carboxylic acid groups (broad SMARTS) is 1. The molecule has 2 heterocycles. The number of aliphatic carboxylic acids is 1. The van der Waals surface area contributed by atoms with Crippen molar-refractivity contribution in [2.75, 3.05) is 13.1 Å². The third-order valence-corrected chi connectivity index (χ3v) is 5.04.